The Labute approximate surface area is 114 Å². The quantitative estimate of drug-likeness (QED) is 0.895. The van der Waals surface area contributed by atoms with Gasteiger partial charge in [0.15, 0.2) is 0 Å². The van der Waals surface area contributed by atoms with Crippen molar-refractivity contribution in [1.82, 2.24) is 9.80 Å². The Bertz CT molecular complexity index is 437. The first-order valence-electron chi connectivity index (χ1n) is 7.20. The molecule has 2 fully saturated rings. The maximum absolute atomic E-state index is 13.9. The summed E-state index contributed by atoms with van der Waals surface area (Å²) in [6.45, 7) is 5.48. The molecular weight excluding hydrogens is 241 g/mol. The van der Waals surface area contributed by atoms with Gasteiger partial charge in [0.25, 0.3) is 0 Å². The largest absolute Gasteiger partial charge is 0.326 e. The van der Waals surface area contributed by atoms with E-state index in [0.717, 1.165) is 49.9 Å². The van der Waals surface area contributed by atoms with Gasteiger partial charge in [-0.1, -0.05) is 12.1 Å². The molecule has 4 heteroatoms. The second kappa shape index (κ2) is 5.57. The van der Waals surface area contributed by atoms with Crippen LogP contribution in [0, 0.1) is 5.82 Å². The van der Waals surface area contributed by atoms with Crippen LogP contribution in [0.4, 0.5) is 4.39 Å². The Kier molecular flexibility index (Phi) is 3.82. The molecule has 0 amide bonds. The van der Waals surface area contributed by atoms with Gasteiger partial charge in [0.2, 0.25) is 0 Å². The predicted molar refractivity (Wildman–Crippen MR) is 74.2 cm³/mol. The second-order valence-electron chi connectivity index (χ2n) is 5.67. The van der Waals surface area contributed by atoms with Crippen LogP contribution in [0.3, 0.4) is 0 Å². The Morgan fingerprint density at radius 3 is 2.47 bits per heavy atom. The molecule has 1 saturated carbocycles. The third kappa shape index (κ3) is 3.14. The lowest BCUT2D eigenvalue weighted by molar-refractivity contribution is 0.120. The molecule has 2 aliphatic rings. The highest BCUT2D eigenvalue weighted by molar-refractivity contribution is 5.24. The third-order valence-corrected chi connectivity index (χ3v) is 4.22. The van der Waals surface area contributed by atoms with Crippen LogP contribution in [0.5, 0.6) is 0 Å². The molecule has 0 spiro atoms. The number of nitrogens with zero attached hydrogens (tertiary/aromatic N) is 2. The molecule has 0 unspecified atom stereocenters. The van der Waals surface area contributed by atoms with Crippen molar-refractivity contribution < 1.29 is 4.39 Å². The summed E-state index contributed by atoms with van der Waals surface area (Å²) in [4.78, 5) is 4.92. The van der Waals surface area contributed by atoms with E-state index < -0.39 is 0 Å². The molecule has 0 aromatic heterocycles. The van der Waals surface area contributed by atoms with Crippen molar-refractivity contribution in [2.75, 3.05) is 26.2 Å². The van der Waals surface area contributed by atoms with Crippen LogP contribution in [0.2, 0.25) is 0 Å². The first kappa shape index (κ1) is 13.0. The predicted octanol–water partition coefficient (Wildman–Crippen LogP) is 1.56. The van der Waals surface area contributed by atoms with Crippen molar-refractivity contribution in [2.45, 2.75) is 32.0 Å². The van der Waals surface area contributed by atoms with Gasteiger partial charge >= 0.3 is 0 Å². The maximum Gasteiger partial charge on any atom is 0.128 e. The fraction of sp³-hybridized carbons (Fsp3) is 0.600. The monoisotopic (exact) mass is 263 g/mol. The Morgan fingerprint density at radius 1 is 1.16 bits per heavy atom. The second-order valence-corrected chi connectivity index (χ2v) is 5.67. The molecule has 0 bridgehead atoms. The van der Waals surface area contributed by atoms with Gasteiger partial charge in [0.05, 0.1) is 0 Å². The molecule has 3 rings (SSSR count). The molecule has 1 aromatic carbocycles. The Hall–Kier alpha value is -0.970. The van der Waals surface area contributed by atoms with Crippen molar-refractivity contribution in [3.05, 3.63) is 35.1 Å². The highest BCUT2D eigenvalue weighted by Crippen LogP contribution is 2.27. The zero-order chi connectivity index (χ0) is 13.2. The Balaban J connectivity index is 1.56. The van der Waals surface area contributed by atoms with E-state index in [1.807, 2.05) is 12.1 Å². The number of piperazine rings is 1. The molecule has 1 aliphatic heterocycles. The molecule has 1 aliphatic carbocycles. The van der Waals surface area contributed by atoms with E-state index in [2.05, 4.69) is 9.80 Å². The first-order chi connectivity index (χ1) is 9.26. The fourth-order valence-electron chi connectivity index (χ4n) is 2.81. The minimum Gasteiger partial charge on any atom is -0.326 e. The molecule has 3 nitrogen and oxygen atoms in total. The van der Waals surface area contributed by atoms with Crippen LogP contribution in [0.25, 0.3) is 0 Å². The van der Waals surface area contributed by atoms with E-state index in [1.54, 1.807) is 6.07 Å². The SMILES string of the molecule is NCc1ccc(CN2CCN(C3CC3)CC2)c(F)c1. The highest BCUT2D eigenvalue weighted by atomic mass is 19.1. The average molecular weight is 263 g/mol. The molecule has 1 aromatic rings. The molecule has 2 N–H and O–H groups in total. The minimum atomic E-state index is -0.118. The van der Waals surface area contributed by atoms with E-state index in [4.69, 9.17) is 5.73 Å². The van der Waals surface area contributed by atoms with E-state index in [0.29, 0.717) is 6.54 Å². The lowest BCUT2D eigenvalue weighted by atomic mass is 10.1. The van der Waals surface area contributed by atoms with Crippen molar-refractivity contribution >= 4 is 0 Å². The van der Waals surface area contributed by atoms with Gasteiger partial charge in [-0.3, -0.25) is 9.80 Å². The van der Waals surface area contributed by atoms with Crippen LogP contribution in [-0.2, 0) is 13.1 Å². The average Bonchev–Trinajstić information content (AvgIpc) is 3.26. The zero-order valence-electron chi connectivity index (χ0n) is 11.3. The van der Waals surface area contributed by atoms with Crippen molar-refractivity contribution in [3.8, 4) is 0 Å². The van der Waals surface area contributed by atoms with Crippen LogP contribution < -0.4 is 5.73 Å². The summed E-state index contributed by atoms with van der Waals surface area (Å²) in [6, 6.07) is 6.22. The number of hydrogen-bond acceptors (Lipinski definition) is 3. The van der Waals surface area contributed by atoms with Crippen LogP contribution in [0.15, 0.2) is 18.2 Å². The number of rotatable bonds is 4. The van der Waals surface area contributed by atoms with Crippen LogP contribution in [-0.4, -0.2) is 42.0 Å². The summed E-state index contributed by atoms with van der Waals surface area (Å²) in [7, 11) is 0. The van der Waals surface area contributed by atoms with Crippen LogP contribution in [0.1, 0.15) is 24.0 Å². The Morgan fingerprint density at radius 2 is 1.89 bits per heavy atom. The van der Waals surface area contributed by atoms with Gasteiger partial charge in [-0.05, 0) is 24.5 Å². The molecule has 19 heavy (non-hydrogen) atoms. The van der Waals surface area contributed by atoms with Gasteiger partial charge in [0, 0.05) is 50.9 Å². The molecule has 1 heterocycles. The molecule has 1 saturated heterocycles. The van der Waals surface area contributed by atoms with Gasteiger partial charge in [-0.2, -0.15) is 0 Å². The van der Waals surface area contributed by atoms with E-state index >= 15 is 0 Å². The minimum absolute atomic E-state index is 0.118. The van der Waals surface area contributed by atoms with Gasteiger partial charge in [0.1, 0.15) is 5.82 Å². The van der Waals surface area contributed by atoms with Gasteiger partial charge in [-0.15, -0.1) is 0 Å². The number of hydrogen-bond donors (Lipinski definition) is 1. The lowest BCUT2D eigenvalue weighted by Crippen LogP contribution is -2.46. The standard InChI is InChI=1S/C15H22FN3/c16-15-9-12(10-17)1-2-13(15)11-18-5-7-19(8-6-18)14-3-4-14/h1-2,9,14H,3-8,10-11,17H2. The highest BCUT2D eigenvalue weighted by Gasteiger charge is 2.31. The first-order valence-corrected chi connectivity index (χ1v) is 7.20. The third-order valence-electron chi connectivity index (χ3n) is 4.22. The number of halogens is 1. The summed E-state index contributed by atoms with van der Waals surface area (Å²) in [5.41, 5.74) is 7.17. The molecule has 0 radical (unpaired) electrons. The van der Waals surface area contributed by atoms with E-state index in [-0.39, 0.29) is 5.82 Å². The summed E-state index contributed by atoms with van der Waals surface area (Å²) in [5, 5.41) is 0. The molecule has 0 atom stereocenters. The maximum atomic E-state index is 13.9. The van der Waals surface area contributed by atoms with Crippen molar-refractivity contribution in [3.63, 3.8) is 0 Å². The summed E-state index contributed by atoms with van der Waals surface area (Å²) in [5.74, 6) is -0.118. The van der Waals surface area contributed by atoms with E-state index in [9.17, 15) is 4.39 Å². The molecular formula is C15H22FN3. The topological polar surface area (TPSA) is 32.5 Å². The number of nitrogens with two attached hydrogens (primary N) is 1. The van der Waals surface area contributed by atoms with E-state index in [1.165, 1.54) is 12.8 Å². The normalized spacial score (nSPS) is 21.8. The summed E-state index contributed by atoms with van der Waals surface area (Å²) in [6.07, 6.45) is 2.74. The number of benzene rings is 1. The summed E-state index contributed by atoms with van der Waals surface area (Å²) >= 11 is 0. The van der Waals surface area contributed by atoms with Gasteiger partial charge in [-0.25, -0.2) is 4.39 Å². The van der Waals surface area contributed by atoms with Gasteiger partial charge < -0.3 is 5.73 Å². The zero-order valence-corrected chi connectivity index (χ0v) is 11.3. The molecule has 104 valence electrons. The smallest absolute Gasteiger partial charge is 0.128 e. The van der Waals surface area contributed by atoms with Crippen molar-refractivity contribution in [1.29, 1.82) is 0 Å². The fourth-order valence-corrected chi connectivity index (χ4v) is 2.81. The summed E-state index contributed by atoms with van der Waals surface area (Å²) < 4.78 is 13.9. The van der Waals surface area contributed by atoms with Crippen LogP contribution >= 0.6 is 0 Å². The lowest BCUT2D eigenvalue weighted by Gasteiger charge is -2.34. The van der Waals surface area contributed by atoms with Crippen molar-refractivity contribution in [2.24, 2.45) is 5.73 Å².